The molecule has 2 heterocycles. The summed E-state index contributed by atoms with van der Waals surface area (Å²) in [5.41, 5.74) is 0. The Hall–Kier alpha value is 0.270. The van der Waals surface area contributed by atoms with Crippen molar-refractivity contribution in [3.05, 3.63) is 0 Å². The lowest BCUT2D eigenvalue weighted by Crippen LogP contribution is -2.39. The van der Waals surface area contributed by atoms with Crippen LogP contribution in [0.3, 0.4) is 0 Å². The molecule has 2 nitrogen and oxygen atoms in total. The summed E-state index contributed by atoms with van der Waals surface area (Å²) in [5, 5.41) is 3.48. The van der Waals surface area contributed by atoms with E-state index in [1.165, 1.54) is 69.8 Å². The Kier molecular flexibility index (Phi) is 4.30. The van der Waals surface area contributed by atoms with Crippen molar-refractivity contribution in [3.63, 3.8) is 0 Å². The molecule has 1 saturated carbocycles. The molecular formula is C14H26N2S. The Morgan fingerprint density at radius 1 is 0.941 bits per heavy atom. The highest BCUT2D eigenvalue weighted by molar-refractivity contribution is 7.99. The second kappa shape index (κ2) is 5.94. The van der Waals surface area contributed by atoms with Crippen molar-refractivity contribution in [2.24, 2.45) is 11.8 Å². The van der Waals surface area contributed by atoms with E-state index in [0.717, 1.165) is 17.9 Å². The van der Waals surface area contributed by atoms with Gasteiger partial charge in [0.05, 0.1) is 0 Å². The molecule has 0 aromatic heterocycles. The second-order valence-corrected chi connectivity index (χ2v) is 7.26. The highest BCUT2D eigenvalue weighted by Crippen LogP contribution is 2.32. The molecule has 1 aliphatic carbocycles. The highest BCUT2D eigenvalue weighted by atomic mass is 32.2. The van der Waals surface area contributed by atoms with E-state index in [1.807, 2.05) is 0 Å². The van der Waals surface area contributed by atoms with Crippen LogP contribution in [0.5, 0.6) is 0 Å². The predicted molar refractivity (Wildman–Crippen MR) is 75.6 cm³/mol. The molecule has 3 heteroatoms. The van der Waals surface area contributed by atoms with Crippen LogP contribution < -0.4 is 5.32 Å². The van der Waals surface area contributed by atoms with Gasteiger partial charge in [0.25, 0.3) is 0 Å². The van der Waals surface area contributed by atoms with Gasteiger partial charge in [-0.25, -0.2) is 0 Å². The zero-order valence-corrected chi connectivity index (χ0v) is 11.7. The van der Waals surface area contributed by atoms with Crippen LogP contribution in [-0.2, 0) is 0 Å². The van der Waals surface area contributed by atoms with E-state index in [2.05, 4.69) is 22.0 Å². The van der Waals surface area contributed by atoms with Crippen molar-refractivity contribution in [1.29, 1.82) is 0 Å². The minimum absolute atomic E-state index is 0.968. The Morgan fingerprint density at radius 2 is 1.71 bits per heavy atom. The van der Waals surface area contributed by atoms with Crippen molar-refractivity contribution >= 4 is 11.8 Å². The van der Waals surface area contributed by atoms with Gasteiger partial charge in [0.1, 0.15) is 0 Å². The molecule has 0 amide bonds. The average Bonchev–Trinajstić information content (AvgIpc) is 3.09. The Bertz CT molecular complexity index is 230. The summed E-state index contributed by atoms with van der Waals surface area (Å²) in [4.78, 5) is 2.85. The molecule has 1 unspecified atom stereocenters. The summed E-state index contributed by atoms with van der Waals surface area (Å²) in [5.74, 6) is 4.82. The van der Waals surface area contributed by atoms with Crippen LogP contribution in [0, 0.1) is 11.8 Å². The smallest absolute Gasteiger partial charge is 0.00966 e. The van der Waals surface area contributed by atoms with E-state index in [1.54, 1.807) is 0 Å². The van der Waals surface area contributed by atoms with Gasteiger partial charge < -0.3 is 5.32 Å². The van der Waals surface area contributed by atoms with Crippen molar-refractivity contribution in [1.82, 2.24) is 10.2 Å². The predicted octanol–water partition coefficient (Wildman–Crippen LogP) is 2.20. The second-order valence-electron chi connectivity index (χ2n) is 6.11. The number of hydrogen-bond donors (Lipinski definition) is 1. The third-order valence-electron chi connectivity index (χ3n) is 4.53. The molecule has 0 spiro atoms. The summed E-state index contributed by atoms with van der Waals surface area (Å²) in [6.07, 6.45) is 7.24. The molecule has 1 N–H and O–H groups in total. The SMILES string of the molecule is C1CC(CN(CC2CCSC2)C2CC2)CCN1. The van der Waals surface area contributed by atoms with Gasteiger partial charge in [-0.05, 0) is 68.5 Å². The van der Waals surface area contributed by atoms with E-state index < -0.39 is 0 Å². The van der Waals surface area contributed by atoms with Crippen LogP contribution in [0.25, 0.3) is 0 Å². The monoisotopic (exact) mass is 254 g/mol. The summed E-state index contributed by atoms with van der Waals surface area (Å²) >= 11 is 2.17. The van der Waals surface area contributed by atoms with Gasteiger partial charge in [-0.2, -0.15) is 11.8 Å². The highest BCUT2D eigenvalue weighted by Gasteiger charge is 2.32. The van der Waals surface area contributed by atoms with Crippen LogP contribution in [0.4, 0.5) is 0 Å². The van der Waals surface area contributed by atoms with E-state index in [-0.39, 0.29) is 0 Å². The zero-order valence-electron chi connectivity index (χ0n) is 10.9. The fourth-order valence-electron chi connectivity index (χ4n) is 3.27. The molecule has 0 radical (unpaired) electrons. The third kappa shape index (κ3) is 3.62. The summed E-state index contributed by atoms with van der Waals surface area (Å²) in [7, 11) is 0. The van der Waals surface area contributed by atoms with E-state index in [9.17, 15) is 0 Å². The van der Waals surface area contributed by atoms with E-state index >= 15 is 0 Å². The molecule has 0 bridgehead atoms. The summed E-state index contributed by atoms with van der Waals surface area (Å²) in [6, 6.07) is 0.968. The summed E-state index contributed by atoms with van der Waals surface area (Å²) < 4.78 is 0. The van der Waals surface area contributed by atoms with Gasteiger partial charge in [-0.15, -0.1) is 0 Å². The Labute approximate surface area is 110 Å². The van der Waals surface area contributed by atoms with Crippen LogP contribution >= 0.6 is 11.8 Å². The molecule has 2 aliphatic heterocycles. The first-order chi connectivity index (χ1) is 8.42. The van der Waals surface area contributed by atoms with E-state index in [0.29, 0.717) is 0 Å². The largest absolute Gasteiger partial charge is 0.317 e. The minimum Gasteiger partial charge on any atom is -0.317 e. The molecule has 3 rings (SSSR count). The lowest BCUT2D eigenvalue weighted by atomic mass is 9.96. The molecule has 17 heavy (non-hydrogen) atoms. The fraction of sp³-hybridized carbons (Fsp3) is 1.00. The topological polar surface area (TPSA) is 15.3 Å². The molecule has 0 aromatic rings. The first kappa shape index (κ1) is 12.3. The lowest BCUT2D eigenvalue weighted by Gasteiger charge is -2.31. The number of piperidine rings is 1. The zero-order chi connectivity index (χ0) is 11.5. The maximum absolute atomic E-state index is 3.48. The quantitative estimate of drug-likeness (QED) is 0.810. The number of nitrogens with one attached hydrogen (secondary N) is 1. The fourth-order valence-corrected chi connectivity index (χ4v) is 4.54. The normalized spacial score (nSPS) is 31.2. The third-order valence-corrected chi connectivity index (χ3v) is 5.76. The number of nitrogens with zero attached hydrogens (tertiary/aromatic N) is 1. The first-order valence-electron chi connectivity index (χ1n) is 7.44. The average molecular weight is 254 g/mol. The van der Waals surface area contributed by atoms with Crippen LogP contribution in [0.15, 0.2) is 0 Å². The van der Waals surface area contributed by atoms with Crippen molar-refractivity contribution in [3.8, 4) is 0 Å². The van der Waals surface area contributed by atoms with Crippen LogP contribution in [0.1, 0.15) is 32.1 Å². The standard InChI is InChI=1S/C14H26N2S/c1-2-14(1)16(10-13-5-8-17-11-13)9-12-3-6-15-7-4-12/h12-15H,1-11H2. The number of rotatable bonds is 5. The van der Waals surface area contributed by atoms with Gasteiger partial charge in [-0.1, -0.05) is 0 Å². The Morgan fingerprint density at radius 3 is 2.35 bits per heavy atom. The molecule has 1 atom stereocenters. The lowest BCUT2D eigenvalue weighted by molar-refractivity contribution is 0.177. The van der Waals surface area contributed by atoms with Crippen LogP contribution in [0.2, 0.25) is 0 Å². The summed E-state index contributed by atoms with van der Waals surface area (Å²) in [6.45, 7) is 5.31. The maximum Gasteiger partial charge on any atom is 0.00966 e. The Balaban J connectivity index is 1.48. The van der Waals surface area contributed by atoms with E-state index in [4.69, 9.17) is 0 Å². The van der Waals surface area contributed by atoms with Crippen LogP contribution in [-0.4, -0.2) is 48.6 Å². The molecule has 98 valence electrons. The number of thioether (sulfide) groups is 1. The van der Waals surface area contributed by atoms with Gasteiger partial charge in [0, 0.05) is 19.1 Å². The van der Waals surface area contributed by atoms with Crippen molar-refractivity contribution < 1.29 is 0 Å². The number of hydrogen-bond acceptors (Lipinski definition) is 3. The maximum atomic E-state index is 3.48. The first-order valence-corrected chi connectivity index (χ1v) is 8.60. The van der Waals surface area contributed by atoms with Crippen molar-refractivity contribution in [2.75, 3.05) is 37.7 Å². The van der Waals surface area contributed by atoms with Gasteiger partial charge in [0.15, 0.2) is 0 Å². The molecule has 2 saturated heterocycles. The van der Waals surface area contributed by atoms with Gasteiger partial charge >= 0.3 is 0 Å². The molecule has 3 fully saturated rings. The molecule has 3 aliphatic rings. The van der Waals surface area contributed by atoms with Gasteiger partial charge in [-0.3, -0.25) is 4.90 Å². The molecular weight excluding hydrogens is 228 g/mol. The minimum atomic E-state index is 0.968. The van der Waals surface area contributed by atoms with Gasteiger partial charge in [0.2, 0.25) is 0 Å². The van der Waals surface area contributed by atoms with Crippen molar-refractivity contribution in [2.45, 2.75) is 38.1 Å². The molecule has 0 aromatic carbocycles.